The molecule has 0 aliphatic heterocycles. The minimum Gasteiger partial charge on any atom is -0.310 e. The van der Waals surface area contributed by atoms with E-state index in [9.17, 15) is 0 Å². The summed E-state index contributed by atoms with van der Waals surface area (Å²) in [6, 6.07) is 60.3. The Labute approximate surface area is 280 Å². The lowest BCUT2D eigenvalue weighted by molar-refractivity contribution is 1.30. The lowest BCUT2D eigenvalue weighted by Gasteiger charge is -2.26. The second-order valence-corrected chi connectivity index (χ2v) is 14.3. The van der Waals surface area contributed by atoms with Gasteiger partial charge in [0.05, 0.1) is 0 Å². The van der Waals surface area contributed by atoms with E-state index >= 15 is 0 Å². The van der Waals surface area contributed by atoms with Crippen molar-refractivity contribution in [3.63, 3.8) is 0 Å². The Balaban J connectivity index is 1.15. The Morgan fingerprint density at radius 1 is 0.319 bits per heavy atom. The van der Waals surface area contributed by atoms with Crippen molar-refractivity contribution in [2.75, 3.05) is 4.90 Å². The number of hydrogen-bond donors (Lipinski definition) is 0. The van der Waals surface area contributed by atoms with Gasteiger partial charge >= 0.3 is 0 Å². The maximum absolute atomic E-state index is 2.41. The maximum atomic E-state index is 2.41. The highest BCUT2D eigenvalue weighted by molar-refractivity contribution is 7.26. The van der Waals surface area contributed by atoms with Gasteiger partial charge in [0, 0.05) is 57.4 Å². The van der Waals surface area contributed by atoms with Gasteiger partial charge in [0.1, 0.15) is 0 Å². The van der Waals surface area contributed by atoms with E-state index in [2.05, 4.69) is 169 Å². The van der Waals surface area contributed by atoms with E-state index in [1.54, 1.807) is 0 Å². The molecule has 2 aromatic heterocycles. The van der Waals surface area contributed by atoms with Crippen LogP contribution in [0.25, 0.3) is 73.0 Å². The first-order valence-corrected chi connectivity index (χ1v) is 17.5. The first kappa shape index (κ1) is 26.7. The second kappa shape index (κ2) is 10.5. The van der Waals surface area contributed by atoms with Gasteiger partial charge < -0.3 is 4.90 Å². The molecule has 0 radical (unpaired) electrons. The Hall–Kier alpha value is -5.48. The zero-order valence-electron chi connectivity index (χ0n) is 25.4. The SMILES string of the molecule is c1ccc2c(-c3ccc(N(c4ccc5cc6sc7ccccc7c6cc5c4)c4ccc5c(c4)sc4ccccc45)cc3)cccc2c1. The molecule has 3 heteroatoms. The van der Waals surface area contributed by atoms with Gasteiger partial charge in [-0.15, -0.1) is 22.7 Å². The van der Waals surface area contributed by atoms with Gasteiger partial charge in [0.15, 0.2) is 0 Å². The smallest absolute Gasteiger partial charge is 0.0476 e. The van der Waals surface area contributed by atoms with Gasteiger partial charge in [-0.3, -0.25) is 0 Å². The number of hydrogen-bond acceptors (Lipinski definition) is 3. The van der Waals surface area contributed by atoms with E-state index in [0.29, 0.717) is 0 Å². The summed E-state index contributed by atoms with van der Waals surface area (Å²) in [5.74, 6) is 0. The second-order valence-electron chi connectivity index (χ2n) is 12.2. The monoisotopic (exact) mass is 633 g/mol. The zero-order chi connectivity index (χ0) is 30.9. The van der Waals surface area contributed by atoms with Crippen molar-refractivity contribution in [3.8, 4) is 11.1 Å². The third-order valence-corrected chi connectivity index (χ3v) is 11.7. The topological polar surface area (TPSA) is 3.24 Å². The summed E-state index contributed by atoms with van der Waals surface area (Å²) >= 11 is 3.74. The van der Waals surface area contributed by atoms with Crippen LogP contribution in [0.1, 0.15) is 0 Å². The van der Waals surface area contributed by atoms with Crippen molar-refractivity contribution < 1.29 is 0 Å². The van der Waals surface area contributed by atoms with E-state index in [1.807, 2.05) is 22.7 Å². The lowest BCUT2D eigenvalue weighted by Crippen LogP contribution is -2.09. The first-order chi connectivity index (χ1) is 23.3. The van der Waals surface area contributed by atoms with Gasteiger partial charge in [-0.25, -0.2) is 0 Å². The fraction of sp³-hybridized carbons (Fsp3) is 0. The molecule has 0 bridgehead atoms. The van der Waals surface area contributed by atoms with Crippen LogP contribution in [0.5, 0.6) is 0 Å². The predicted octanol–water partition coefficient (Wildman–Crippen LogP) is 13.9. The molecule has 0 amide bonds. The third-order valence-electron chi connectivity index (χ3n) is 9.42. The van der Waals surface area contributed by atoms with E-state index in [0.717, 1.165) is 17.1 Å². The van der Waals surface area contributed by atoms with Crippen LogP contribution in [0.3, 0.4) is 0 Å². The highest BCUT2D eigenvalue weighted by Crippen LogP contribution is 2.43. The summed E-state index contributed by atoms with van der Waals surface area (Å²) in [7, 11) is 0. The molecule has 0 saturated heterocycles. The van der Waals surface area contributed by atoms with Crippen molar-refractivity contribution >= 4 is 102 Å². The molecule has 0 saturated carbocycles. The number of anilines is 3. The summed E-state index contributed by atoms with van der Waals surface area (Å²) in [5.41, 5.74) is 5.91. The quantitative estimate of drug-likeness (QED) is 0.186. The molecule has 47 heavy (non-hydrogen) atoms. The highest BCUT2D eigenvalue weighted by Gasteiger charge is 2.17. The van der Waals surface area contributed by atoms with Crippen LogP contribution in [-0.2, 0) is 0 Å². The van der Waals surface area contributed by atoms with Crippen LogP contribution in [-0.4, -0.2) is 0 Å². The van der Waals surface area contributed by atoms with Crippen LogP contribution in [0, 0.1) is 0 Å². The summed E-state index contributed by atoms with van der Waals surface area (Å²) in [4.78, 5) is 2.41. The van der Waals surface area contributed by atoms with Crippen molar-refractivity contribution in [1.29, 1.82) is 0 Å². The van der Waals surface area contributed by atoms with Gasteiger partial charge in [-0.1, -0.05) is 103 Å². The molecule has 0 spiro atoms. The summed E-state index contributed by atoms with van der Waals surface area (Å²) in [5, 5.41) is 10.3. The molecule has 2 heterocycles. The molecule has 1 nitrogen and oxygen atoms in total. The molecule has 0 fully saturated rings. The molecule has 10 rings (SSSR count). The largest absolute Gasteiger partial charge is 0.310 e. The van der Waals surface area contributed by atoms with Crippen molar-refractivity contribution in [3.05, 3.63) is 164 Å². The van der Waals surface area contributed by atoms with Crippen molar-refractivity contribution in [1.82, 2.24) is 0 Å². The Morgan fingerprint density at radius 2 is 0.915 bits per heavy atom. The first-order valence-electron chi connectivity index (χ1n) is 15.9. The van der Waals surface area contributed by atoms with E-state index in [-0.39, 0.29) is 0 Å². The molecule has 8 aromatic carbocycles. The standard InChI is InChI=1S/C44H27NS2/c1-2-10-35-28(8-1)9-7-13-36(35)29-16-19-32(20-17-29)45(34-22-23-39-37-11-3-5-14-41(37)47-44(39)27-34)33-21-18-30-26-43-40(25-31(30)24-33)38-12-4-6-15-42(38)46-43/h1-27H. The van der Waals surface area contributed by atoms with Crippen LogP contribution in [0.2, 0.25) is 0 Å². The van der Waals surface area contributed by atoms with Gasteiger partial charge in [0.25, 0.3) is 0 Å². The summed E-state index contributed by atoms with van der Waals surface area (Å²) in [6.07, 6.45) is 0. The Bertz CT molecular complexity index is 2800. The fourth-order valence-corrected chi connectivity index (χ4v) is 9.44. The number of fused-ring (bicyclic) bond motifs is 8. The summed E-state index contributed by atoms with van der Waals surface area (Å²) < 4.78 is 5.29. The van der Waals surface area contributed by atoms with Crippen LogP contribution < -0.4 is 4.90 Å². The predicted molar refractivity (Wildman–Crippen MR) is 207 cm³/mol. The summed E-state index contributed by atoms with van der Waals surface area (Å²) in [6.45, 7) is 0. The Kier molecular flexibility index (Phi) is 5.98. The molecule has 0 unspecified atom stereocenters. The average molecular weight is 634 g/mol. The molecule has 10 aromatic rings. The minimum absolute atomic E-state index is 1.14. The molecule has 220 valence electrons. The number of thiophene rings is 2. The van der Waals surface area contributed by atoms with Crippen LogP contribution in [0.4, 0.5) is 17.1 Å². The maximum Gasteiger partial charge on any atom is 0.0476 e. The minimum atomic E-state index is 1.14. The average Bonchev–Trinajstić information content (AvgIpc) is 3.68. The molecule has 0 aliphatic rings. The van der Waals surface area contributed by atoms with Crippen molar-refractivity contribution in [2.45, 2.75) is 0 Å². The van der Waals surface area contributed by atoms with Crippen LogP contribution in [0.15, 0.2) is 164 Å². The number of benzene rings is 8. The molecule has 0 N–H and O–H groups in total. The lowest BCUT2D eigenvalue weighted by atomic mass is 9.98. The molecular weight excluding hydrogens is 607 g/mol. The van der Waals surface area contributed by atoms with Crippen LogP contribution >= 0.6 is 22.7 Å². The number of rotatable bonds is 4. The number of nitrogens with zero attached hydrogens (tertiary/aromatic N) is 1. The van der Waals surface area contributed by atoms with E-state index in [1.165, 1.54) is 73.0 Å². The zero-order valence-corrected chi connectivity index (χ0v) is 27.0. The van der Waals surface area contributed by atoms with E-state index in [4.69, 9.17) is 0 Å². The van der Waals surface area contributed by atoms with Crippen molar-refractivity contribution in [2.24, 2.45) is 0 Å². The normalized spacial score (nSPS) is 11.8. The molecule has 0 atom stereocenters. The fourth-order valence-electron chi connectivity index (χ4n) is 7.16. The molecule has 0 aliphatic carbocycles. The van der Waals surface area contributed by atoms with Gasteiger partial charge in [-0.05, 0) is 93.3 Å². The van der Waals surface area contributed by atoms with Gasteiger partial charge in [-0.2, -0.15) is 0 Å². The highest BCUT2D eigenvalue weighted by atomic mass is 32.1. The Morgan fingerprint density at radius 3 is 1.72 bits per heavy atom. The van der Waals surface area contributed by atoms with E-state index < -0.39 is 0 Å². The third kappa shape index (κ3) is 4.35. The molecular formula is C44H27NS2. The van der Waals surface area contributed by atoms with Gasteiger partial charge in [0.2, 0.25) is 0 Å².